The molecular formula is C22H27ClIN5O2. The highest BCUT2D eigenvalue weighted by molar-refractivity contribution is 14.0. The molecule has 2 bridgehead atoms. The van der Waals surface area contributed by atoms with Crippen molar-refractivity contribution in [2.45, 2.75) is 6.42 Å². The highest BCUT2D eigenvalue weighted by Crippen LogP contribution is 2.52. The van der Waals surface area contributed by atoms with Crippen LogP contribution < -0.4 is 10.6 Å². The summed E-state index contributed by atoms with van der Waals surface area (Å²) < 4.78 is 0. The zero-order valence-electron chi connectivity index (χ0n) is 17.2. The Hall–Kier alpha value is -1.81. The van der Waals surface area contributed by atoms with E-state index in [1.807, 2.05) is 24.3 Å². The molecule has 2 N–H and O–H groups in total. The van der Waals surface area contributed by atoms with Crippen molar-refractivity contribution in [2.75, 3.05) is 44.2 Å². The Kier molecular flexibility index (Phi) is 6.48. The Morgan fingerprint density at radius 2 is 1.58 bits per heavy atom. The molecule has 1 aromatic carbocycles. The molecular weight excluding hydrogens is 529 g/mol. The van der Waals surface area contributed by atoms with Crippen molar-refractivity contribution in [1.29, 1.82) is 0 Å². The van der Waals surface area contributed by atoms with Crippen LogP contribution in [0.15, 0.2) is 41.4 Å². The number of hydrogen-bond donors (Lipinski definition) is 1. The third kappa shape index (κ3) is 4.04. The van der Waals surface area contributed by atoms with E-state index in [4.69, 9.17) is 17.3 Å². The largest absolute Gasteiger partial charge is 0.370 e. The van der Waals surface area contributed by atoms with Gasteiger partial charge < -0.3 is 15.5 Å². The topological polar surface area (TPSA) is 82.2 Å². The van der Waals surface area contributed by atoms with E-state index in [2.05, 4.69) is 26.9 Å². The molecule has 4 aliphatic rings. The van der Waals surface area contributed by atoms with Crippen LogP contribution in [0, 0.1) is 23.7 Å². The summed E-state index contributed by atoms with van der Waals surface area (Å²) >= 11 is 5.97. The van der Waals surface area contributed by atoms with Gasteiger partial charge >= 0.3 is 0 Å². The SMILES string of the molecule is I.NC(=NCCN1C(=O)C2C3C=CC(C3)C2C1=O)N1CCN(c2ccc(Cl)cc2)CC1. The van der Waals surface area contributed by atoms with Crippen LogP contribution in [-0.2, 0) is 9.59 Å². The molecule has 4 unspecified atom stereocenters. The molecule has 1 aromatic rings. The first kappa shape index (κ1) is 22.4. The molecule has 2 aliphatic carbocycles. The normalized spacial score (nSPS) is 29.6. The molecule has 5 rings (SSSR count). The number of imide groups is 1. The van der Waals surface area contributed by atoms with Crippen LogP contribution in [0.2, 0.25) is 5.02 Å². The summed E-state index contributed by atoms with van der Waals surface area (Å²) in [5.41, 5.74) is 7.34. The maximum atomic E-state index is 12.7. The number of amides is 2. The molecule has 4 atom stereocenters. The molecule has 3 fully saturated rings. The minimum Gasteiger partial charge on any atom is -0.370 e. The van der Waals surface area contributed by atoms with Crippen LogP contribution in [0.4, 0.5) is 5.69 Å². The van der Waals surface area contributed by atoms with Crippen LogP contribution >= 0.6 is 35.6 Å². The lowest BCUT2D eigenvalue weighted by atomic mass is 9.85. The second kappa shape index (κ2) is 8.97. The van der Waals surface area contributed by atoms with Crippen molar-refractivity contribution in [3.8, 4) is 0 Å². The number of benzene rings is 1. The minimum atomic E-state index is -0.144. The Morgan fingerprint density at radius 3 is 2.16 bits per heavy atom. The number of allylic oxidation sites excluding steroid dienone is 2. The molecule has 7 nitrogen and oxygen atoms in total. The molecule has 9 heteroatoms. The second-order valence-electron chi connectivity index (χ2n) is 8.52. The highest BCUT2D eigenvalue weighted by atomic mass is 127. The Bertz CT molecular complexity index is 883. The second-order valence-corrected chi connectivity index (χ2v) is 8.95. The highest BCUT2D eigenvalue weighted by Gasteiger charge is 2.58. The lowest BCUT2D eigenvalue weighted by Crippen LogP contribution is -2.51. The van der Waals surface area contributed by atoms with Gasteiger partial charge in [-0.3, -0.25) is 19.5 Å². The van der Waals surface area contributed by atoms with Crippen molar-refractivity contribution in [1.82, 2.24) is 9.80 Å². The number of fused-ring (bicyclic) bond motifs is 5. The van der Waals surface area contributed by atoms with E-state index in [0.717, 1.165) is 43.3 Å². The molecule has 2 saturated heterocycles. The van der Waals surface area contributed by atoms with Gasteiger partial charge in [-0.05, 0) is 42.5 Å². The molecule has 0 aromatic heterocycles. The first-order chi connectivity index (χ1) is 14.5. The lowest BCUT2D eigenvalue weighted by molar-refractivity contribution is -0.140. The van der Waals surface area contributed by atoms with Crippen molar-refractivity contribution < 1.29 is 9.59 Å². The van der Waals surface area contributed by atoms with Gasteiger partial charge in [0.15, 0.2) is 5.96 Å². The third-order valence-corrected chi connectivity index (χ3v) is 7.21. The first-order valence-corrected chi connectivity index (χ1v) is 11.0. The van der Waals surface area contributed by atoms with E-state index < -0.39 is 0 Å². The van der Waals surface area contributed by atoms with E-state index in [1.54, 1.807) is 0 Å². The van der Waals surface area contributed by atoms with Gasteiger partial charge in [-0.1, -0.05) is 23.8 Å². The number of anilines is 1. The fourth-order valence-corrected chi connectivity index (χ4v) is 5.52. The van der Waals surface area contributed by atoms with Gasteiger partial charge in [0.05, 0.1) is 18.4 Å². The predicted molar refractivity (Wildman–Crippen MR) is 132 cm³/mol. The summed E-state index contributed by atoms with van der Waals surface area (Å²) in [4.78, 5) is 35.7. The van der Waals surface area contributed by atoms with Gasteiger partial charge in [0.2, 0.25) is 11.8 Å². The van der Waals surface area contributed by atoms with Crippen molar-refractivity contribution in [2.24, 2.45) is 34.4 Å². The van der Waals surface area contributed by atoms with Crippen molar-refractivity contribution in [3.05, 3.63) is 41.4 Å². The zero-order chi connectivity index (χ0) is 20.8. The summed E-state index contributed by atoms with van der Waals surface area (Å²) in [7, 11) is 0. The number of aliphatic imine (C=N–C) groups is 1. The predicted octanol–water partition coefficient (Wildman–Crippen LogP) is 2.20. The van der Waals surface area contributed by atoms with Gasteiger partial charge in [-0.25, -0.2) is 0 Å². The first-order valence-electron chi connectivity index (χ1n) is 10.6. The summed E-state index contributed by atoms with van der Waals surface area (Å²) in [6.07, 6.45) is 5.18. The maximum Gasteiger partial charge on any atom is 0.233 e. The van der Waals surface area contributed by atoms with E-state index in [9.17, 15) is 9.59 Å². The number of rotatable bonds is 4. The average Bonchev–Trinajstić information content (AvgIpc) is 3.44. The number of hydrogen-bond acceptors (Lipinski definition) is 4. The summed E-state index contributed by atoms with van der Waals surface area (Å²) in [5, 5.41) is 0.733. The number of guanidine groups is 1. The van der Waals surface area contributed by atoms with Crippen LogP contribution in [0.3, 0.4) is 0 Å². The molecule has 166 valence electrons. The maximum absolute atomic E-state index is 12.7. The van der Waals surface area contributed by atoms with Gasteiger partial charge in [-0.15, -0.1) is 24.0 Å². The van der Waals surface area contributed by atoms with Crippen LogP contribution in [0.25, 0.3) is 0 Å². The Morgan fingerprint density at radius 1 is 1.00 bits per heavy atom. The van der Waals surface area contributed by atoms with E-state index >= 15 is 0 Å². The Labute approximate surface area is 204 Å². The number of carbonyl (C=O) groups excluding carboxylic acids is 2. The van der Waals surface area contributed by atoms with Gasteiger partial charge in [0.1, 0.15) is 0 Å². The summed E-state index contributed by atoms with van der Waals surface area (Å²) in [5.74, 6) is 0.634. The van der Waals surface area contributed by atoms with Gasteiger partial charge in [-0.2, -0.15) is 0 Å². The number of nitrogens with two attached hydrogens (primary N) is 1. The molecule has 1 saturated carbocycles. The van der Waals surface area contributed by atoms with Crippen LogP contribution in [-0.4, -0.2) is 66.8 Å². The Balaban J connectivity index is 0.00000231. The molecule has 0 spiro atoms. The summed E-state index contributed by atoms with van der Waals surface area (Å²) in [6.45, 7) is 3.91. The smallest absolute Gasteiger partial charge is 0.233 e. The molecule has 0 radical (unpaired) electrons. The van der Waals surface area contributed by atoms with Crippen molar-refractivity contribution in [3.63, 3.8) is 0 Å². The fraction of sp³-hybridized carbons (Fsp3) is 0.500. The van der Waals surface area contributed by atoms with Crippen LogP contribution in [0.5, 0.6) is 0 Å². The summed E-state index contributed by atoms with van der Waals surface area (Å²) in [6, 6.07) is 7.85. The minimum absolute atomic E-state index is 0. The molecule has 2 amide bonds. The van der Waals surface area contributed by atoms with E-state index in [1.165, 1.54) is 4.90 Å². The van der Waals surface area contributed by atoms with E-state index in [-0.39, 0.29) is 59.5 Å². The lowest BCUT2D eigenvalue weighted by Gasteiger charge is -2.36. The van der Waals surface area contributed by atoms with Crippen molar-refractivity contribution >= 4 is 59.0 Å². The number of piperazine rings is 1. The number of likely N-dealkylation sites (tertiary alicyclic amines) is 1. The molecule has 31 heavy (non-hydrogen) atoms. The zero-order valence-corrected chi connectivity index (χ0v) is 20.3. The number of carbonyl (C=O) groups is 2. The van der Waals surface area contributed by atoms with Gasteiger partial charge in [0.25, 0.3) is 0 Å². The fourth-order valence-electron chi connectivity index (χ4n) is 5.39. The number of halogens is 2. The number of nitrogens with zero attached hydrogens (tertiary/aromatic N) is 4. The third-order valence-electron chi connectivity index (χ3n) is 6.95. The van der Waals surface area contributed by atoms with Gasteiger partial charge in [0, 0.05) is 43.4 Å². The average molecular weight is 556 g/mol. The quantitative estimate of drug-likeness (QED) is 0.203. The monoisotopic (exact) mass is 555 g/mol. The van der Waals surface area contributed by atoms with E-state index in [0.29, 0.717) is 19.0 Å². The molecule has 2 heterocycles. The molecule has 2 aliphatic heterocycles. The van der Waals surface area contributed by atoms with Crippen LogP contribution in [0.1, 0.15) is 6.42 Å². The standard InChI is InChI=1S/C22H26ClN5O2.HI/c23-16-3-5-17(6-4-16)26-9-11-27(12-10-26)22(24)25-7-8-28-20(29)18-14-1-2-15(13-14)19(18)21(28)30;/h1-6,14-15,18-19H,7-13H2,(H2,24,25);1H.